The lowest BCUT2D eigenvalue weighted by Crippen LogP contribution is -2.39. The van der Waals surface area contributed by atoms with Crippen molar-refractivity contribution < 1.29 is 19.4 Å². The number of aliphatic carboxylic acids is 1. The molecule has 2 aliphatic rings. The third kappa shape index (κ3) is 3.32. The molecule has 2 fully saturated rings. The lowest BCUT2D eigenvalue weighted by molar-refractivity contribution is -0.137. The number of piperidine rings is 1. The topological polar surface area (TPSA) is 66.8 Å². The minimum atomic E-state index is -0.831. The number of carboxylic acid groups (broad SMARTS) is 1. The van der Waals surface area contributed by atoms with Crippen molar-refractivity contribution in [3.63, 3.8) is 0 Å². The maximum Gasteiger partial charge on any atom is 0.410 e. The van der Waals surface area contributed by atoms with E-state index in [0.717, 1.165) is 5.56 Å². The largest absolute Gasteiger partial charge is 0.481 e. The molecule has 1 aliphatic heterocycles. The van der Waals surface area contributed by atoms with Gasteiger partial charge in [0.1, 0.15) is 5.60 Å². The minimum Gasteiger partial charge on any atom is -0.481 e. The van der Waals surface area contributed by atoms with E-state index in [4.69, 9.17) is 27.9 Å². The quantitative estimate of drug-likeness (QED) is 0.846. The Morgan fingerprint density at radius 3 is 2.56 bits per heavy atom. The van der Waals surface area contributed by atoms with Gasteiger partial charge in [-0.2, -0.15) is 0 Å². The molecule has 1 aromatic rings. The molecule has 0 bridgehead atoms. The molecule has 0 radical (unpaired) electrons. The number of hydrogen-bond acceptors (Lipinski definition) is 3. The number of rotatable bonds is 3. The highest BCUT2D eigenvalue weighted by Crippen LogP contribution is 2.65. The number of carbonyl (C=O) groups excluding carboxylic acids is 1. The number of carboxylic acids is 1. The highest BCUT2D eigenvalue weighted by molar-refractivity contribution is 6.42. The van der Waals surface area contributed by atoms with Crippen LogP contribution in [0.2, 0.25) is 10.0 Å². The number of hydrogen-bond donors (Lipinski definition) is 1. The Bertz CT molecular complexity index is 730. The molecule has 7 heteroatoms. The summed E-state index contributed by atoms with van der Waals surface area (Å²) in [6, 6.07) is 5.39. The van der Waals surface area contributed by atoms with Gasteiger partial charge in [0.25, 0.3) is 0 Å². The van der Waals surface area contributed by atoms with E-state index in [1.807, 2.05) is 26.8 Å². The van der Waals surface area contributed by atoms with Crippen LogP contribution < -0.4 is 0 Å². The van der Waals surface area contributed by atoms with E-state index >= 15 is 0 Å². The van der Waals surface area contributed by atoms with Crippen molar-refractivity contribution in [3.8, 4) is 0 Å². The smallest absolute Gasteiger partial charge is 0.410 e. The normalized spacial score (nSPS) is 27.8. The average molecular weight is 386 g/mol. The number of ether oxygens (including phenoxy) is 1. The first-order chi connectivity index (χ1) is 11.5. The Balaban J connectivity index is 1.86. The molecule has 3 unspecified atom stereocenters. The van der Waals surface area contributed by atoms with E-state index in [9.17, 15) is 14.7 Å². The van der Waals surface area contributed by atoms with E-state index in [1.165, 1.54) is 0 Å². The van der Waals surface area contributed by atoms with Crippen molar-refractivity contribution >= 4 is 35.3 Å². The Morgan fingerprint density at radius 1 is 1.32 bits per heavy atom. The van der Waals surface area contributed by atoms with Gasteiger partial charge >= 0.3 is 12.1 Å². The Labute approximate surface area is 156 Å². The zero-order valence-corrected chi connectivity index (χ0v) is 15.9. The van der Waals surface area contributed by atoms with Crippen molar-refractivity contribution in [1.29, 1.82) is 0 Å². The van der Waals surface area contributed by atoms with E-state index in [2.05, 4.69) is 0 Å². The van der Waals surface area contributed by atoms with Gasteiger partial charge in [-0.3, -0.25) is 4.79 Å². The molecule has 1 aromatic carbocycles. The van der Waals surface area contributed by atoms with Crippen LogP contribution in [-0.2, 0) is 14.9 Å². The van der Waals surface area contributed by atoms with Crippen molar-refractivity contribution in [1.82, 2.24) is 4.90 Å². The molecule has 1 saturated heterocycles. The van der Waals surface area contributed by atoms with Crippen molar-refractivity contribution in [3.05, 3.63) is 33.8 Å². The Morgan fingerprint density at radius 2 is 2.00 bits per heavy atom. The average Bonchev–Trinajstić information content (AvgIpc) is 2.89. The number of halogens is 2. The van der Waals surface area contributed by atoms with Crippen LogP contribution in [0.1, 0.15) is 32.8 Å². The van der Waals surface area contributed by atoms with Crippen LogP contribution in [0.5, 0.6) is 0 Å². The van der Waals surface area contributed by atoms with Crippen LogP contribution in [0, 0.1) is 11.8 Å². The highest BCUT2D eigenvalue weighted by Gasteiger charge is 2.70. The van der Waals surface area contributed by atoms with Crippen LogP contribution in [0.4, 0.5) is 4.79 Å². The lowest BCUT2D eigenvalue weighted by Gasteiger charge is -2.27. The van der Waals surface area contributed by atoms with Crippen LogP contribution >= 0.6 is 23.2 Å². The van der Waals surface area contributed by atoms with E-state index in [1.54, 1.807) is 17.0 Å². The van der Waals surface area contributed by atoms with Crippen molar-refractivity contribution in [2.24, 2.45) is 11.8 Å². The summed E-state index contributed by atoms with van der Waals surface area (Å²) in [5.41, 5.74) is -0.0193. The fourth-order valence-corrected chi connectivity index (χ4v) is 4.33. The monoisotopic (exact) mass is 385 g/mol. The van der Waals surface area contributed by atoms with Gasteiger partial charge in [-0.05, 0) is 50.3 Å². The van der Waals surface area contributed by atoms with Crippen LogP contribution in [-0.4, -0.2) is 40.8 Å². The summed E-state index contributed by atoms with van der Waals surface area (Å²) in [7, 11) is 0. The van der Waals surface area contributed by atoms with Gasteiger partial charge in [-0.1, -0.05) is 29.3 Å². The maximum absolute atomic E-state index is 12.4. The zero-order valence-electron chi connectivity index (χ0n) is 14.4. The van der Waals surface area contributed by atoms with E-state index < -0.39 is 11.6 Å². The predicted octanol–water partition coefficient (Wildman–Crippen LogP) is 4.20. The van der Waals surface area contributed by atoms with Crippen LogP contribution in [0.15, 0.2) is 18.2 Å². The molecule has 25 heavy (non-hydrogen) atoms. The standard InChI is InChI=1S/C18H21Cl2NO4/c1-17(2,3)25-16(24)21-8-12-11(7-15(22)23)18(12,9-21)10-4-5-13(19)14(20)6-10/h4-6,11-12H,7-9H2,1-3H3,(H,22,23). The number of benzene rings is 1. The Kier molecular flexibility index (Phi) is 4.44. The molecule has 0 aromatic heterocycles. The minimum absolute atomic E-state index is 0.0130. The molecular weight excluding hydrogens is 365 g/mol. The second-order valence-electron chi connectivity index (χ2n) is 7.84. The van der Waals surface area contributed by atoms with Gasteiger partial charge in [0.15, 0.2) is 0 Å². The predicted molar refractivity (Wildman–Crippen MR) is 95.2 cm³/mol. The number of nitrogens with zero attached hydrogens (tertiary/aromatic N) is 1. The highest BCUT2D eigenvalue weighted by atomic mass is 35.5. The number of likely N-dealkylation sites (tertiary alicyclic amines) is 1. The summed E-state index contributed by atoms with van der Waals surface area (Å²) < 4.78 is 5.45. The Hall–Kier alpha value is -1.46. The lowest BCUT2D eigenvalue weighted by atomic mass is 9.92. The molecular formula is C18H21Cl2NO4. The fourth-order valence-electron chi connectivity index (χ4n) is 4.03. The third-order valence-corrected chi connectivity index (χ3v) is 5.81. The van der Waals surface area contributed by atoms with Gasteiger partial charge < -0.3 is 14.7 Å². The second kappa shape index (κ2) is 6.06. The molecule has 3 rings (SSSR count). The van der Waals surface area contributed by atoms with Crippen molar-refractivity contribution in [2.45, 2.75) is 38.2 Å². The summed E-state index contributed by atoms with van der Waals surface area (Å²) in [5, 5.41) is 10.1. The maximum atomic E-state index is 12.4. The number of amides is 1. The summed E-state index contributed by atoms with van der Waals surface area (Å²) >= 11 is 12.2. The van der Waals surface area contributed by atoms with Gasteiger partial charge in [-0.25, -0.2) is 4.79 Å². The zero-order chi connectivity index (χ0) is 18.6. The summed E-state index contributed by atoms with van der Waals surface area (Å²) in [4.78, 5) is 25.3. The molecule has 1 heterocycles. The fraction of sp³-hybridized carbons (Fsp3) is 0.556. The first kappa shape index (κ1) is 18.3. The summed E-state index contributed by atoms with van der Waals surface area (Å²) in [6.45, 7) is 6.40. The second-order valence-corrected chi connectivity index (χ2v) is 8.66. The molecule has 0 spiro atoms. The van der Waals surface area contributed by atoms with Crippen molar-refractivity contribution in [2.75, 3.05) is 13.1 Å². The van der Waals surface area contributed by atoms with Gasteiger partial charge in [0.05, 0.1) is 10.0 Å². The molecule has 1 aliphatic carbocycles. The van der Waals surface area contributed by atoms with Crippen LogP contribution in [0.3, 0.4) is 0 Å². The van der Waals surface area contributed by atoms with Gasteiger partial charge in [-0.15, -0.1) is 0 Å². The number of fused-ring (bicyclic) bond motifs is 1. The molecule has 1 saturated carbocycles. The van der Waals surface area contributed by atoms with Gasteiger partial charge in [0, 0.05) is 24.9 Å². The molecule has 1 amide bonds. The summed E-state index contributed by atoms with van der Waals surface area (Å²) in [5.74, 6) is -0.753. The number of carbonyl (C=O) groups is 2. The molecule has 3 atom stereocenters. The molecule has 1 N–H and O–H groups in total. The SMILES string of the molecule is CC(C)(C)OC(=O)N1CC2C(CC(=O)O)C2(c2ccc(Cl)c(Cl)c2)C1. The summed E-state index contributed by atoms with van der Waals surface area (Å²) in [6.07, 6.45) is -0.291. The van der Waals surface area contributed by atoms with E-state index in [0.29, 0.717) is 23.1 Å². The first-order valence-electron chi connectivity index (χ1n) is 8.20. The first-order valence-corrected chi connectivity index (χ1v) is 8.95. The molecule has 136 valence electrons. The van der Waals surface area contributed by atoms with Gasteiger partial charge in [0.2, 0.25) is 0 Å². The molecule has 5 nitrogen and oxygen atoms in total. The van der Waals surface area contributed by atoms with Crippen LogP contribution in [0.25, 0.3) is 0 Å². The van der Waals surface area contributed by atoms with E-state index in [-0.39, 0.29) is 29.8 Å². The third-order valence-electron chi connectivity index (χ3n) is 5.07.